The molecule has 0 saturated carbocycles. The first kappa shape index (κ1) is 21.3. The van der Waals surface area contributed by atoms with Gasteiger partial charge in [-0.2, -0.15) is 13.2 Å². The lowest BCUT2D eigenvalue weighted by atomic mass is 9.96. The van der Waals surface area contributed by atoms with Crippen molar-refractivity contribution in [2.45, 2.75) is 32.0 Å². The second-order valence-corrected chi connectivity index (χ2v) is 6.54. The summed E-state index contributed by atoms with van der Waals surface area (Å²) in [5.74, 6) is 1.30. The summed E-state index contributed by atoms with van der Waals surface area (Å²) in [6.45, 7) is 1.40. The maximum Gasteiger partial charge on any atom is 0.422 e. The van der Waals surface area contributed by atoms with Gasteiger partial charge in [0.05, 0.1) is 0 Å². The summed E-state index contributed by atoms with van der Waals surface area (Å²) >= 11 is 0. The van der Waals surface area contributed by atoms with Crippen molar-refractivity contribution in [1.29, 1.82) is 0 Å². The third-order valence-corrected chi connectivity index (χ3v) is 4.45. The molecule has 0 spiro atoms. The molecule has 9 heteroatoms. The van der Waals surface area contributed by atoms with E-state index in [0.717, 1.165) is 39.0 Å². The van der Waals surface area contributed by atoms with Crippen LogP contribution < -0.4 is 10.1 Å². The van der Waals surface area contributed by atoms with Gasteiger partial charge in [-0.3, -0.25) is 4.99 Å². The number of halogens is 3. The number of ether oxygens (including phenoxy) is 2. The average molecular weight is 388 g/mol. The molecule has 1 aliphatic heterocycles. The van der Waals surface area contributed by atoms with Crippen LogP contribution in [0.5, 0.6) is 5.88 Å². The second kappa shape index (κ2) is 10.3. The minimum atomic E-state index is -4.40. The number of pyridine rings is 1. The minimum absolute atomic E-state index is 0.0253. The monoisotopic (exact) mass is 388 g/mol. The molecule has 0 bridgehead atoms. The Kier molecular flexibility index (Phi) is 8.15. The van der Waals surface area contributed by atoms with E-state index in [0.29, 0.717) is 17.4 Å². The lowest BCUT2D eigenvalue weighted by molar-refractivity contribution is -0.154. The van der Waals surface area contributed by atoms with E-state index in [1.165, 1.54) is 6.20 Å². The first-order valence-electron chi connectivity index (χ1n) is 9.02. The van der Waals surface area contributed by atoms with Crippen molar-refractivity contribution < 1.29 is 22.6 Å². The number of hydrogen-bond donors (Lipinski definition) is 1. The standard InChI is InChI=1S/C18H27F3N4O2/c1-22-17(25(2)9-5-14-6-10-26-11-7-14)24-12-15-4-3-8-23-16(15)27-13-18(19,20)21/h3-4,8,14H,5-7,9-13H2,1-2H3,(H,22,24). The van der Waals surface area contributed by atoms with Crippen LogP contribution in [0, 0.1) is 5.92 Å². The predicted octanol–water partition coefficient (Wildman–Crippen LogP) is 2.85. The Morgan fingerprint density at radius 1 is 1.41 bits per heavy atom. The topological polar surface area (TPSA) is 59.0 Å². The van der Waals surface area contributed by atoms with Gasteiger partial charge in [0, 0.05) is 52.2 Å². The SMILES string of the molecule is CN=C(NCc1cccnc1OCC(F)(F)F)N(C)CCC1CCOCC1. The largest absolute Gasteiger partial charge is 0.468 e. The number of aliphatic imine (C=N–C) groups is 1. The summed E-state index contributed by atoms with van der Waals surface area (Å²) in [6, 6.07) is 3.34. The highest BCUT2D eigenvalue weighted by atomic mass is 19.4. The predicted molar refractivity (Wildman–Crippen MR) is 96.8 cm³/mol. The van der Waals surface area contributed by atoms with E-state index in [-0.39, 0.29) is 12.4 Å². The maximum absolute atomic E-state index is 12.4. The summed E-state index contributed by atoms with van der Waals surface area (Å²) in [6.07, 6.45) is 0.213. The normalized spacial score (nSPS) is 16.3. The van der Waals surface area contributed by atoms with Gasteiger partial charge in [0.25, 0.3) is 0 Å². The van der Waals surface area contributed by atoms with Crippen LogP contribution in [-0.4, -0.2) is 62.5 Å². The van der Waals surface area contributed by atoms with E-state index in [1.807, 2.05) is 11.9 Å². The highest BCUT2D eigenvalue weighted by Crippen LogP contribution is 2.20. The van der Waals surface area contributed by atoms with Crippen molar-refractivity contribution in [1.82, 2.24) is 15.2 Å². The van der Waals surface area contributed by atoms with Crippen LogP contribution in [0.1, 0.15) is 24.8 Å². The Hall–Kier alpha value is -2.03. The number of rotatable bonds is 7. The van der Waals surface area contributed by atoms with E-state index in [4.69, 9.17) is 9.47 Å². The van der Waals surface area contributed by atoms with Gasteiger partial charge in [-0.25, -0.2) is 4.98 Å². The lowest BCUT2D eigenvalue weighted by Gasteiger charge is -2.27. The number of nitrogens with one attached hydrogen (secondary N) is 1. The molecule has 2 rings (SSSR count). The zero-order valence-electron chi connectivity index (χ0n) is 15.8. The Labute approximate surface area is 157 Å². The summed E-state index contributed by atoms with van der Waals surface area (Å²) < 4.78 is 47.3. The fraction of sp³-hybridized carbons (Fsp3) is 0.667. The molecule has 1 aromatic rings. The molecule has 1 saturated heterocycles. The summed E-state index contributed by atoms with van der Waals surface area (Å²) in [7, 11) is 3.62. The molecule has 0 atom stereocenters. The zero-order valence-corrected chi connectivity index (χ0v) is 15.8. The van der Waals surface area contributed by atoms with Gasteiger partial charge in [0.15, 0.2) is 12.6 Å². The Morgan fingerprint density at radius 2 is 2.15 bits per heavy atom. The van der Waals surface area contributed by atoms with Crippen molar-refractivity contribution in [3.63, 3.8) is 0 Å². The van der Waals surface area contributed by atoms with E-state index in [9.17, 15) is 13.2 Å². The second-order valence-electron chi connectivity index (χ2n) is 6.54. The van der Waals surface area contributed by atoms with Crippen molar-refractivity contribution in [3.05, 3.63) is 23.9 Å². The van der Waals surface area contributed by atoms with E-state index in [2.05, 4.69) is 15.3 Å². The maximum atomic E-state index is 12.4. The Balaban J connectivity index is 1.86. The fourth-order valence-electron chi connectivity index (χ4n) is 2.92. The molecular weight excluding hydrogens is 361 g/mol. The van der Waals surface area contributed by atoms with Crippen LogP contribution in [0.2, 0.25) is 0 Å². The molecule has 0 radical (unpaired) electrons. The number of nitrogens with zero attached hydrogens (tertiary/aromatic N) is 3. The van der Waals surface area contributed by atoms with Gasteiger partial charge < -0.3 is 19.7 Å². The van der Waals surface area contributed by atoms with E-state index < -0.39 is 12.8 Å². The first-order chi connectivity index (χ1) is 12.9. The molecule has 6 nitrogen and oxygen atoms in total. The van der Waals surface area contributed by atoms with Crippen LogP contribution in [0.3, 0.4) is 0 Å². The van der Waals surface area contributed by atoms with Crippen LogP contribution in [0.15, 0.2) is 23.3 Å². The summed E-state index contributed by atoms with van der Waals surface area (Å²) in [4.78, 5) is 10.2. The molecule has 0 aliphatic carbocycles. The quantitative estimate of drug-likeness (QED) is 0.575. The molecule has 27 heavy (non-hydrogen) atoms. The number of alkyl halides is 3. The van der Waals surface area contributed by atoms with Crippen LogP contribution in [0.25, 0.3) is 0 Å². The van der Waals surface area contributed by atoms with E-state index in [1.54, 1.807) is 19.2 Å². The van der Waals surface area contributed by atoms with Crippen molar-refractivity contribution >= 4 is 5.96 Å². The highest BCUT2D eigenvalue weighted by Gasteiger charge is 2.29. The van der Waals surface area contributed by atoms with Gasteiger partial charge in [-0.05, 0) is 31.2 Å². The summed E-state index contributed by atoms with van der Waals surface area (Å²) in [5.41, 5.74) is 0.542. The molecule has 1 aliphatic rings. The molecule has 2 heterocycles. The molecule has 0 amide bonds. The number of guanidine groups is 1. The van der Waals surface area contributed by atoms with Crippen LogP contribution in [0.4, 0.5) is 13.2 Å². The highest BCUT2D eigenvalue weighted by molar-refractivity contribution is 5.79. The third-order valence-electron chi connectivity index (χ3n) is 4.45. The smallest absolute Gasteiger partial charge is 0.422 e. The fourth-order valence-corrected chi connectivity index (χ4v) is 2.92. The molecule has 1 fully saturated rings. The van der Waals surface area contributed by atoms with Crippen molar-refractivity contribution in [2.24, 2.45) is 10.9 Å². The van der Waals surface area contributed by atoms with Crippen LogP contribution in [-0.2, 0) is 11.3 Å². The third kappa shape index (κ3) is 7.62. The molecule has 152 valence electrons. The minimum Gasteiger partial charge on any atom is -0.468 e. The Morgan fingerprint density at radius 3 is 2.81 bits per heavy atom. The van der Waals surface area contributed by atoms with Crippen molar-refractivity contribution in [2.75, 3.05) is 40.5 Å². The van der Waals surface area contributed by atoms with Gasteiger partial charge in [-0.1, -0.05) is 6.07 Å². The molecule has 1 aromatic heterocycles. The summed E-state index contributed by atoms with van der Waals surface area (Å²) in [5, 5.41) is 3.16. The molecule has 0 aromatic carbocycles. The van der Waals surface area contributed by atoms with E-state index >= 15 is 0 Å². The molecular formula is C18H27F3N4O2. The Bertz CT molecular complexity index is 605. The first-order valence-corrected chi connectivity index (χ1v) is 9.02. The zero-order chi connectivity index (χ0) is 19.7. The van der Waals surface area contributed by atoms with Gasteiger partial charge in [-0.15, -0.1) is 0 Å². The molecule has 0 unspecified atom stereocenters. The number of hydrogen-bond acceptors (Lipinski definition) is 4. The van der Waals surface area contributed by atoms with Crippen LogP contribution >= 0.6 is 0 Å². The van der Waals surface area contributed by atoms with Gasteiger partial charge in [0.1, 0.15) is 0 Å². The van der Waals surface area contributed by atoms with Gasteiger partial charge >= 0.3 is 6.18 Å². The van der Waals surface area contributed by atoms with Gasteiger partial charge in [0.2, 0.25) is 5.88 Å². The lowest BCUT2D eigenvalue weighted by Crippen LogP contribution is -2.39. The van der Waals surface area contributed by atoms with Crippen molar-refractivity contribution in [3.8, 4) is 5.88 Å². The number of aromatic nitrogens is 1. The average Bonchev–Trinajstić information content (AvgIpc) is 2.66. The molecule has 1 N–H and O–H groups in total.